The zero-order valence-electron chi connectivity index (χ0n) is 8.72. The third-order valence-corrected chi connectivity index (χ3v) is 4.74. The Kier molecular flexibility index (Phi) is 2.73. The summed E-state index contributed by atoms with van der Waals surface area (Å²) in [6, 6.07) is 4.80. The first-order valence-electron chi connectivity index (χ1n) is 4.72. The first-order valence-corrected chi connectivity index (χ1v) is 6.49. The van der Waals surface area contributed by atoms with E-state index < -0.39 is 10.2 Å². The number of nitrogens with two attached hydrogens (primary N) is 1. The number of nitrogens with zero attached hydrogens (tertiary/aromatic N) is 2. The van der Waals surface area contributed by atoms with Gasteiger partial charge in [0.2, 0.25) is 0 Å². The Morgan fingerprint density at radius 3 is 2.56 bits per heavy atom. The van der Waals surface area contributed by atoms with Crippen molar-refractivity contribution < 1.29 is 8.42 Å². The largest absolute Gasteiger partial charge is 0.399 e. The first-order chi connectivity index (χ1) is 7.43. The Morgan fingerprint density at radius 1 is 1.38 bits per heavy atom. The Labute approximate surface area is 99.6 Å². The average molecular weight is 262 g/mol. The highest BCUT2D eigenvalue weighted by Crippen LogP contribution is 2.32. The highest BCUT2D eigenvalue weighted by molar-refractivity contribution is 7.90. The van der Waals surface area contributed by atoms with E-state index in [2.05, 4.69) is 0 Å². The molecule has 0 atom stereocenters. The predicted molar refractivity (Wildman–Crippen MR) is 64.8 cm³/mol. The molecule has 5 nitrogen and oxygen atoms in total. The number of anilines is 2. The molecule has 1 heterocycles. The van der Waals surface area contributed by atoms with Crippen molar-refractivity contribution in [1.29, 1.82) is 0 Å². The molecule has 0 saturated carbocycles. The van der Waals surface area contributed by atoms with Crippen LogP contribution in [0.2, 0.25) is 5.02 Å². The number of halogens is 1. The van der Waals surface area contributed by atoms with E-state index >= 15 is 0 Å². The van der Waals surface area contributed by atoms with Gasteiger partial charge in [0.25, 0.3) is 0 Å². The number of benzene rings is 1. The van der Waals surface area contributed by atoms with Crippen LogP contribution in [0.15, 0.2) is 18.2 Å². The molecular weight excluding hydrogens is 250 g/mol. The van der Waals surface area contributed by atoms with Crippen molar-refractivity contribution in [2.75, 3.05) is 30.2 Å². The van der Waals surface area contributed by atoms with Crippen LogP contribution >= 0.6 is 11.6 Å². The molecule has 1 fully saturated rings. The lowest BCUT2D eigenvalue weighted by Crippen LogP contribution is -2.30. The maximum atomic E-state index is 11.9. The molecule has 1 aromatic carbocycles. The number of rotatable bonds is 1. The third-order valence-electron chi connectivity index (χ3n) is 2.53. The van der Waals surface area contributed by atoms with Crippen LogP contribution in [0.4, 0.5) is 11.4 Å². The Bertz CT molecular complexity index is 517. The minimum Gasteiger partial charge on any atom is -0.399 e. The summed E-state index contributed by atoms with van der Waals surface area (Å²) < 4.78 is 26.4. The molecule has 2 N–H and O–H groups in total. The first kappa shape index (κ1) is 11.5. The van der Waals surface area contributed by atoms with Gasteiger partial charge >= 0.3 is 10.2 Å². The van der Waals surface area contributed by atoms with Crippen molar-refractivity contribution in [1.82, 2.24) is 4.31 Å². The second-order valence-electron chi connectivity index (χ2n) is 3.61. The van der Waals surface area contributed by atoms with Gasteiger partial charge in [0.1, 0.15) is 0 Å². The SMILES string of the molecule is CN1CCN(c2ccc(N)cc2Cl)S1(=O)=O. The van der Waals surface area contributed by atoms with Crippen LogP contribution in [-0.2, 0) is 10.2 Å². The van der Waals surface area contributed by atoms with Crippen LogP contribution in [0, 0.1) is 0 Å². The highest BCUT2D eigenvalue weighted by Gasteiger charge is 2.34. The van der Waals surface area contributed by atoms with E-state index in [1.54, 1.807) is 25.2 Å². The summed E-state index contributed by atoms with van der Waals surface area (Å²) in [6.07, 6.45) is 0. The lowest BCUT2D eigenvalue weighted by Gasteiger charge is -2.19. The van der Waals surface area contributed by atoms with Gasteiger partial charge in [-0.2, -0.15) is 12.7 Å². The maximum absolute atomic E-state index is 11.9. The second-order valence-corrected chi connectivity index (χ2v) is 5.98. The van der Waals surface area contributed by atoms with E-state index in [9.17, 15) is 8.42 Å². The molecule has 0 unspecified atom stereocenters. The molecule has 0 bridgehead atoms. The molecule has 0 aromatic heterocycles. The van der Waals surface area contributed by atoms with Gasteiger partial charge in [0, 0.05) is 25.8 Å². The highest BCUT2D eigenvalue weighted by atomic mass is 35.5. The van der Waals surface area contributed by atoms with Crippen LogP contribution in [-0.4, -0.2) is 32.9 Å². The van der Waals surface area contributed by atoms with Crippen LogP contribution < -0.4 is 10.0 Å². The zero-order chi connectivity index (χ0) is 11.9. The summed E-state index contributed by atoms with van der Waals surface area (Å²) in [6.45, 7) is 0.867. The van der Waals surface area contributed by atoms with Crippen LogP contribution in [0.5, 0.6) is 0 Å². The van der Waals surface area contributed by atoms with Crippen molar-refractivity contribution >= 4 is 33.2 Å². The molecule has 1 aromatic rings. The standard InChI is InChI=1S/C9H12ClN3O2S/c1-12-4-5-13(16(12,14)15)9-3-2-7(11)6-8(9)10/h2-3,6H,4-5,11H2,1H3. The summed E-state index contributed by atoms with van der Waals surface area (Å²) in [4.78, 5) is 0. The molecule has 16 heavy (non-hydrogen) atoms. The molecule has 1 saturated heterocycles. The Hall–Kier alpha value is -0.980. The molecule has 7 heteroatoms. The lowest BCUT2D eigenvalue weighted by atomic mass is 10.3. The quantitative estimate of drug-likeness (QED) is 0.765. The fraction of sp³-hybridized carbons (Fsp3) is 0.333. The molecule has 1 aliphatic heterocycles. The summed E-state index contributed by atoms with van der Waals surface area (Å²) in [5.74, 6) is 0. The summed E-state index contributed by atoms with van der Waals surface area (Å²) in [5.41, 5.74) is 6.54. The van der Waals surface area contributed by atoms with Crippen molar-refractivity contribution in [3.63, 3.8) is 0 Å². The number of hydrogen-bond donors (Lipinski definition) is 1. The van der Waals surface area contributed by atoms with Gasteiger partial charge in [-0.1, -0.05) is 11.6 Å². The van der Waals surface area contributed by atoms with Crippen LogP contribution in [0.25, 0.3) is 0 Å². The van der Waals surface area contributed by atoms with E-state index in [1.165, 1.54) is 8.61 Å². The Morgan fingerprint density at radius 2 is 2.06 bits per heavy atom. The molecule has 88 valence electrons. The molecule has 2 rings (SSSR count). The lowest BCUT2D eigenvalue weighted by molar-refractivity contribution is 0.511. The van der Waals surface area contributed by atoms with Gasteiger partial charge < -0.3 is 5.73 Å². The number of hydrogen-bond acceptors (Lipinski definition) is 3. The van der Waals surface area contributed by atoms with Gasteiger partial charge in [-0.3, -0.25) is 4.31 Å². The monoisotopic (exact) mass is 261 g/mol. The van der Waals surface area contributed by atoms with Gasteiger partial charge in [-0.05, 0) is 18.2 Å². The topological polar surface area (TPSA) is 66.6 Å². The zero-order valence-corrected chi connectivity index (χ0v) is 10.3. The molecular formula is C9H12ClN3O2S. The van der Waals surface area contributed by atoms with Crippen LogP contribution in [0.3, 0.4) is 0 Å². The summed E-state index contributed by atoms with van der Waals surface area (Å²) >= 11 is 5.98. The van der Waals surface area contributed by atoms with E-state index in [0.717, 1.165) is 0 Å². The third kappa shape index (κ3) is 1.73. The van der Waals surface area contributed by atoms with Crippen molar-refractivity contribution in [2.45, 2.75) is 0 Å². The smallest absolute Gasteiger partial charge is 0.303 e. The van der Waals surface area contributed by atoms with Gasteiger partial charge in [0.15, 0.2) is 0 Å². The molecule has 0 radical (unpaired) electrons. The predicted octanol–water partition coefficient (Wildman–Crippen LogP) is 0.919. The maximum Gasteiger partial charge on any atom is 0.303 e. The second kappa shape index (κ2) is 3.80. The van der Waals surface area contributed by atoms with Gasteiger partial charge in [-0.15, -0.1) is 0 Å². The van der Waals surface area contributed by atoms with Crippen molar-refractivity contribution in [2.24, 2.45) is 0 Å². The van der Waals surface area contributed by atoms with E-state index in [0.29, 0.717) is 29.5 Å². The van der Waals surface area contributed by atoms with E-state index in [-0.39, 0.29) is 0 Å². The summed E-state index contributed by atoms with van der Waals surface area (Å²) in [7, 11) is -1.87. The Balaban J connectivity index is 2.47. The fourth-order valence-electron chi connectivity index (χ4n) is 1.60. The normalized spacial score (nSPS) is 20.2. The van der Waals surface area contributed by atoms with Gasteiger partial charge in [-0.25, -0.2) is 0 Å². The molecule has 0 aliphatic carbocycles. The minimum absolute atomic E-state index is 0.346. The van der Waals surface area contributed by atoms with Crippen molar-refractivity contribution in [3.8, 4) is 0 Å². The van der Waals surface area contributed by atoms with Crippen molar-refractivity contribution in [3.05, 3.63) is 23.2 Å². The number of likely N-dealkylation sites (N-methyl/N-ethyl adjacent to an activating group) is 1. The number of nitrogen functional groups attached to an aromatic ring is 1. The molecule has 1 aliphatic rings. The molecule has 0 amide bonds. The summed E-state index contributed by atoms with van der Waals surface area (Å²) in [5, 5.41) is 0.346. The fourth-order valence-corrected chi connectivity index (χ4v) is 3.31. The van der Waals surface area contributed by atoms with Gasteiger partial charge in [0.05, 0.1) is 10.7 Å². The van der Waals surface area contributed by atoms with E-state index in [1.807, 2.05) is 0 Å². The minimum atomic E-state index is -3.41. The van der Waals surface area contributed by atoms with Crippen LogP contribution in [0.1, 0.15) is 0 Å². The average Bonchev–Trinajstić information content (AvgIpc) is 2.44. The molecule has 0 spiro atoms. The van der Waals surface area contributed by atoms with E-state index in [4.69, 9.17) is 17.3 Å².